The van der Waals surface area contributed by atoms with Crippen molar-refractivity contribution in [1.29, 1.82) is 0 Å². The topological polar surface area (TPSA) is 30.7 Å². The number of hydrogen-bond donors (Lipinski definition) is 0. The second-order valence-corrected chi connectivity index (χ2v) is 6.95. The summed E-state index contributed by atoms with van der Waals surface area (Å²) in [5.41, 5.74) is 2.56. The molecule has 0 bridgehead atoms. The van der Waals surface area contributed by atoms with E-state index in [2.05, 4.69) is 9.55 Å². The van der Waals surface area contributed by atoms with Gasteiger partial charge in [0, 0.05) is 23.6 Å². The van der Waals surface area contributed by atoms with Crippen LogP contribution in [0.5, 0.6) is 0 Å². The van der Waals surface area contributed by atoms with Crippen LogP contribution in [0.2, 0.25) is 0 Å². The number of imidazole rings is 1. The quantitative estimate of drug-likeness (QED) is 0.728. The fourth-order valence-electron chi connectivity index (χ4n) is 2.97. The van der Waals surface area contributed by atoms with Crippen LogP contribution in [0.15, 0.2) is 42.6 Å². The van der Waals surface area contributed by atoms with Gasteiger partial charge in [0.25, 0.3) is 0 Å². The Labute approximate surface area is 132 Å². The van der Waals surface area contributed by atoms with Crippen LogP contribution in [0, 0.1) is 5.82 Å². The molecule has 2 aromatic heterocycles. The molecule has 3 aromatic rings. The summed E-state index contributed by atoms with van der Waals surface area (Å²) in [6.07, 6.45) is 4.28. The normalized spacial score (nSPS) is 18.1. The molecule has 0 aliphatic carbocycles. The number of halogens is 1. The van der Waals surface area contributed by atoms with E-state index in [1.165, 1.54) is 24.7 Å². The van der Waals surface area contributed by atoms with Crippen molar-refractivity contribution in [3.05, 3.63) is 48.4 Å². The maximum Gasteiger partial charge on any atom is 0.160 e. The molecule has 112 valence electrons. The molecule has 1 aliphatic rings. The number of aromatic nitrogens is 3. The average Bonchev–Trinajstić information content (AvgIpc) is 3.16. The number of nitrogens with zero attached hydrogens (tertiary/aromatic N) is 3. The Morgan fingerprint density at radius 1 is 1.27 bits per heavy atom. The molecule has 22 heavy (non-hydrogen) atoms. The van der Waals surface area contributed by atoms with Gasteiger partial charge in [-0.1, -0.05) is 12.1 Å². The third kappa shape index (κ3) is 2.50. The maximum absolute atomic E-state index is 13.6. The van der Waals surface area contributed by atoms with Gasteiger partial charge in [-0.2, -0.15) is 11.8 Å². The Hall–Kier alpha value is -1.88. The molecule has 0 spiro atoms. The smallest absolute Gasteiger partial charge is 0.160 e. The van der Waals surface area contributed by atoms with Crippen LogP contribution in [0.1, 0.15) is 12.8 Å². The minimum absolute atomic E-state index is 0.237. The molecule has 1 fully saturated rings. The van der Waals surface area contributed by atoms with Crippen LogP contribution in [0.3, 0.4) is 0 Å². The van der Waals surface area contributed by atoms with Crippen molar-refractivity contribution in [2.75, 3.05) is 5.75 Å². The number of pyridine rings is 1. The van der Waals surface area contributed by atoms with Crippen LogP contribution in [0.4, 0.5) is 4.39 Å². The molecule has 4 rings (SSSR count). The highest BCUT2D eigenvalue weighted by molar-refractivity contribution is 8.00. The SMILES string of the molecule is Fc1cccc(-c2nc3cccnc3n2CC2CCCS2)c1. The molecular formula is C17H16FN3S. The molecular weight excluding hydrogens is 297 g/mol. The second-order valence-electron chi connectivity index (χ2n) is 5.54. The van der Waals surface area contributed by atoms with Crippen molar-refractivity contribution >= 4 is 22.9 Å². The number of fused-ring (bicyclic) bond motifs is 1. The molecule has 1 aliphatic heterocycles. The van der Waals surface area contributed by atoms with E-state index in [9.17, 15) is 4.39 Å². The van der Waals surface area contributed by atoms with Gasteiger partial charge in [-0.05, 0) is 42.9 Å². The van der Waals surface area contributed by atoms with Gasteiger partial charge in [0.1, 0.15) is 17.2 Å². The van der Waals surface area contributed by atoms with Gasteiger partial charge < -0.3 is 4.57 Å². The zero-order valence-electron chi connectivity index (χ0n) is 12.1. The zero-order valence-corrected chi connectivity index (χ0v) is 12.9. The highest BCUT2D eigenvalue weighted by Crippen LogP contribution is 2.31. The largest absolute Gasteiger partial charge is 0.308 e. The minimum Gasteiger partial charge on any atom is -0.308 e. The van der Waals surface area contributed by atoms with E-state index in [1.54, 1.807) is 18.3 Å². The van der Waals surface area contributed by atoms with Crippen LogP contribution < -0.4 is 0 Å². The van der Waals surface area contributed by atoms with Gasteiger partial charge in [-0.25, -0.2) is 14.4 Å². The van der Waals surface area contributed by atoms with Crippen LogP contribution >= 0.6 is 11.8 Å². The number of benzene rings is 1. The predicted molar refractivity (Wildman–Crippen MR) is 88.4 cm³/mol. The third-order valence-electron chi connectivity index (χ3n) is 4.00. The van der Waals surface area contributed by atoms with E-state index in [0.717, 1.165) is 29.1 Å². The number of hydrogen-bond acceptors (Lipinski definition) is 3. The van der Waals surface area contributed by atoms with E-state index < -0.39 is 0 Å². The molecule has 1 aromatic carbocycles. The number of rotatable bonds is 3. The monoisotopic (exact) mass is 313 g/mol. The number of thioether (sulfide) groups is 1. The molecule has 0 saturated carbocycles. The molecule has 5 heteroatoms. The first-order valence-corrected chi connectivity index (χ1v) is 8.55. The van der Waals surface area contributed by atoms with Gasteiger partial charge in [0.2, 0.25) is 0 Å². The third-order valence-corrected chi connectivity index (χ3v) is 5.38. The first-order chi connectivity index (χ1) is 10.8. The summed E-state index contributed by atoms with van der Waals surface area (Å²) < 4.78 is 15.7. The van der Waals surface area contributed by atoms with Crippen LogP contribution in [0.25, 0.3) is 22.6 Å². The van der Waals surface area contributed by atoms with E-state index in [0.29, 0.717) is 5.25 Å². The lowest BCUT2D eigenvalue weighted by Crippen LogP contribution is -2.11. The van der Waals surface area contributed by atoms with Crippen molar-refractivity contribution in [2.45, 2.75) is 24.6 Å². The van der Waals surface area contributed by atoms with Crippen molar-refractivity contribution < 1.29 is 4.39 Å². The van der Waals surface area contributed by atoms with Crippen molar-refractivity contribution in [1.82, 2.24) is 14.5 Å². The standard InChI is InChI=1S/C17H16FN3S/c18-13-5-1-4-12(10-13)16-20-15-7-2-8-19-17(15)21(16)11-14-6-3-9-22-14/h1-2,4-5,7-8,10,14H,3,6,9,11H2. The molecule has 0 N–H and O–H groups in total. The highest BCUT2D eigenvalue weighted by Gasteiger charge is 2.21. The Morgan fingerprint density at radius 2 is 2.23 bits per heavy atom. The van der Waals surface area contributed by atoms with Crippen molar-refractivity contribution in [3.8, 4) is 11.4 Å². The molecule has 1 atom stereocenters. The van der Waals surface area contributed by atoms with E-state index in [-0.39, 0.29) is 5.82 Å². The zero-order chi connectivity index (χ0) is 14.9. The van der Waals surface area contributed by atoms with Gasteiger partial charge in [-0.15, -0.1) is 0 Å². The first-order valence-electron chi connectivity index (χ1n) is 7.50. The van der Waals surface area contributed by atoms with Crippen LogP contribution in [-0.4, -0.2) is 25.5 Å². The Morgan fingerprint density at radius 3 is 3.05 bits per heavy atom. The summed E-state index contributed by atoms with van der Waals surface area (Å²) in [4.78, 5) is 9.18. The predicted octanol–water partition coefficient (Wildman–Crippen LogP) is 4.13. The average molecular weight is 313 g/mol. The first kappa shape index (κ1) is 13.8. The Balaban J connectivity index is 1.85. The summed E-state index contributed by atoms with van der Waals surface area (Å²) in [5.74, 6) is 1.79. The van der Waals surface area contributed by atoms with Gasteiger partial charge in [-0.3, -0.25) is 0 Å². The summed E-state index contributed by atoms with van der Waals surface area (Å²) in [6.45, 7) is 0.879. The molecule has 3 heterocycles. The maximum atomic E-state index is 13.6. The Kier molecular flexibility index (Phi) is 3.58. The lowest BCUT2D eigenvalue weighted by Gasteiger charge is -2.13. The Bertz CT molecular complexity index is 809. The molecule has 0 amide bonds. The van der Waals surface area contributed by atoms with E-state index in [1.807, 2.05) is 30.0 Å². The van der Waals surface area contributed by atoms with Crippen LogP contribution in [-0.2, 0) is 6.54 Å². The van der Waals surface area contributed by atoms with Gasteiger partial charge in [0.05, 0.1) is 0 Å². The van der Waals surface area contributed by atoms with Gasteiger partial charge in [0.15, 0.2) is 5.65 Å². The fraction of sp³-hybridized carbons (Fsp3) is 0.294. The van der Waals surface area contributed by atoms with Crippen molar-refractivity contribution in [3.63, 3.8) is 0 Å². The summed E-state index contributed by atoms with van der Waals surface area (Å²) >= 11 is 2.01. The lowest BCUT2D eigenvalue weighted by molar-refractivity contribution is 0.626. The summed E-state index contributed by atoms with van der Waals surface area (Å²) in [5, 5.41) is 0.590. The van der Waals surface area contributed by atoms with E-state index >= 15 is 0 Å². The van der Waals surface area contributed by atoms with E-state index in [4.69, 9.17) is 4.98 Å². The fourth-order valence-corrected chi connectivity index (χ4v) is 4.23. The molecule has 1 unspecified atom stereocenters. The summed E-state index contributed by atoms with van der Waals surface area (Å²) in [7, 11) is 0. The molecule has 0 radical (unpaired) electrons. The molecule has 3 nitrogen and oxygen atoms in total. The lowest BCUT2D eigenvalue weighted by atomic mass is 10.2. The summed E-state index contributed by atoms with van der Waals surface area (Å²) in [6, 6.07) is 10.5. The van der Waals surface area contributed by atoms with Gasteiger partial charge >= 0.3 is 0 Å². The molecule has 1 saturated heterocycles. The minimum atomic E-state index is -0.237. The van der Waals surface area contributed by atoms with Crippen molar-refractivity contribution in [2.24, 2.45) is 0 Å². The highest BCUT2D eigenvalue weighted by atomic mass is 32.2. The second kappa shape index (κ2) is 5.72.